The van der Waals surface area contributed by atoms with E-state index in [4.69, 9.17) is 0 Å². The Bertz CT molecular complexity index is 1480. The van der Waals surface area contributed by atoms with E-state index in [-0.39, 0.29) is 10.7 Å². The molecule has 0 saturated carbocycles. The van der Waals surface area contributed by atoms with E-state index in [0.717, 1.165) is 16.8 Å². The maximum Gasteiger partial charge on any atom is 0.231 e. The third-order valence-electron chi connectivity index (χ3n) is 5.43. The summed E-state index contributed by atoms with van der Waals surface area (Å²) < 4.78 is 36.6. The Balaban J connectivity index is 1.51. The number of nitrogens with one attached hydrogen (secondary N) is 3. The van der Waals surface area contributed by atoms with Gasteiger partial charge in [-0.3, -0.25) is 5.43 Å². The lowest BCUT2D eigenvalue weighted by Gasteiger charge is -2.12. The van der Waals surface area contributed by atoms with Gasteiger partial charge in [-0.05, 0) is 60.9 Å². The van der Waals surface area contributed by atoms with Crippen molar-refractivity contribution in [3.8, 4) is 0 Å². The van der Waals surface area contributed by atoms with Gasteiger partial charge in [-0.25, -0.2) is 12.8 Å². The van der Waals surface area contributed by atoms with Crippen LogP contribution in [0.4, 0.5) is 27.7 Å². The molecule has 4 rings (SSSR count). The first-order chi connectivity index (χ1) is 17.8. The molecule has 4 aromatic rings. The van der Waals surface area contributed by atoms with Crippen LogP contribution in [-0.2, 0) is 16.3 Å². The van der Waals surface area contributed by atoms with Crippen molar-refractivity contribution in [2.45, 2.75) is 18.2 Å². The van der Waals surface area contributed by atoms with Crippen molar-refractivity contribution in [1.29, 1.82) is 0 Å². The van der Waals surface area contributed by atoms with Gasteiger partial charge in [-0.15, -0.1) is 0 Å². The van der Waals surface area contributed by atoms with Crippen LogP contribution in [0.3, 0.4) is 0 Å². The van der Waals surface area contributed by atoms with Crippen molar-refractivity contribution < 1.29 is 12.8 Å². The van der Waals surface area contributed by atoms with Gasteiger partial charge in [-0.1, -0.05) is 42.5 Å². The highest BCUT2D eigenvalue weighted by atomic mass is 32.2. The second-order valence-electron chi connectivity index (χ2n) is 8.36. The molecule has 1 heterocycles. The molecule has 10 heteroatoms. The Labute approximate surface area is 215 Å². The molecular formula is C27H27FN6O2S. The van der Waals surface area contributed by atoms with Gasteiger partial charge in [0.2, 0.25) is 5.95 Å². The van der Waals surface area contributed by atoms with Gasteiger partial charge in [0.1, 0.15) is 11.6 Å². The van der Waals surface area contributed by atoms with Crippen molar-refractivity contribution in [3.63, 3.8) is 0 Å². The fourth-order valence-corrected chi connectivity index (χ4v) is 4.07. The number of anilines is 4. The summed E-state index contributed by atoms with van der Waals surface area (Å²) in [6, 6.07) is 24.2. The second kappa shape index (κ2) is 11.6. The van der Waals surface area contributed by atoms with Crippen molar-refractivity contribution in [3.05, 3.63) is 102 Å². The molecule has 0 amide bonds. The predicted molar refractivity (Wildman–Crippen MR) is 146 cm³/mol. The van der Waals surface area contributed by atoms with Crippen LogP contribution in [0.15, 0.2) is 94.9 Å². The minimum absolute atomic E-state index is 0.251. The Morgan fingerprint density at radius 1 is 0.919 bits per heavy atom. The minimum atomic E-state index is -3.27. The number of para-hydroxylation sites is 1. The maximum atomic E-state index is 13.2. The topological polar surface area (TPSA) is 108 Å². The number of hydrogen-bond acceptors (Lipinski definition) is 8. The van der Waals surface area contributed by atoms with Crippen LogP contribution in [0.1, 0.15) is 18.1 Å². The summed E-state index contributed by atoms with van der Waals surface area (Å²) in [6.07, 6.45) is 1.86. The van der Waals surface area contributed by atoms with Crippen LogP contribution < -0.4 is 16.1 Å². The van der Waals surface area contributed by atoms with Gasteiger partial charge in [0.25, 0.3) is 0 Å². The zero-order chi connectivity index (χ0) is 26.3. The largest absolute Gasteiger partial charge is 0.370 e. The summed E-state index contributed by atoms with van der Waals surface area (Å²) >= 11 is 0. The lowest BCUT2D eigenvalue weighted by molar-refractivity contribution is 0.602. The van der Waals surface area contributed by atoms with E-state index in [1.54, 1.807) is 42.5 Å². The molecule has 8 nitrogen and oxygen atoms in total. The van der Waals surface area contributed by atoms with E-state index in [0.29, 0.717) is 36.3 Å². The van der Waals surface area contributed by atoms with Gasteiger partial charge in [0, 0.05) is 24.6 Å². The minimum Gasteiger partial charge on any atom is -0.370 e. The van der Waals surface area contributed by atoms with Crippen molar-refractivity contribution in [2.24, 2.45) is 5.10 Å². The zero-order valence-electron chi connectivity index (χ0n) is 20.4. The Kier molecular flexibility index (Phi) is 8.09. The molecule has 37 heavy (non-hydrogen) atoms. The summed E-state index contributed by atoms with van der Waals surface area (Å²) in [5.41, 5.74) is 6.23. The molecule has 0 atom stereocenters. The van der Waals surface area contributed by atoms with Crippen LogP contribution in [0, 0.1) is 5.82 Å². The van der Waals surface area contributed by atoms with Gasteiger partial charge in [0.15, 0.2) is 15.7 Å². The van der Waals surface area contributed by atoms with Crippen LogP contribution in [-0.4, -0.2) is 36.9 Å². The summed E-state index contributed by atoms with van der Waals surface area (Å²) in [5, 5.41) is 10.9. The molecule has 0 fully saturated rings. The molecule has 1 aromatic heterocycles. The number of nitrogens with zero attached hydrogens (tertiary/aromatic N) is 3. The number of aromatic nitrogens is 2. The smallest absolute Gasteiger partial charge is 0.231 e. The third-order valence-corrected chi connectivity index (χ3v) is 6.56. The monoisotopic (exact) mass is 518 g/mol. The summed E-state index contributed by atoms with van der Waals surface area (Å²) in [4.78, 5) is 9.32. The van der Waals surface area contributed by atoms with Crippen molar-refractivity contribution in [2.75, 3.05) is 28.9 Å². The Morgan fingerprint density at radius 2 is 1.59 bits per heavy atom. The number of benzene rings is 3. The number of halogens is 1. The number of rotatable bonds is 10. The fraction of sp³-hybridized carbons (Fsp3) is 0.148. The molecule has 3 N–H and O–H groups in total. The first kappa shape index (κ1) is 25.8. The average Bonchev–Trinajstić information content (AvgIpc) is 2.88. The molecule has 0 saturated heterocycles. The number of hydrazone groups is 1. The van der Waals surface area contributed by atoms with Gasteiger partial charge >= 0.3 is 0 Å². The van der Waals surface area contributed by atoms with Crippen LogP contribution >= 0.6 is 0 Å². The van der Waals surface area contributed by atoms with Crippen LogP contribution in [0.5, 0.6) is 0 Å². The quantitative estimate of drug-likeness (QED) is 0.194. The van der Waals surface area contributed by atoms with Gasteiger partial charge < -0.3 is 10.6 Å². The summed E-state index contributed by atoms with van der Waals surface area (Å²) in [5.74, 6) is 1.17. The first-order valence-corrected chi connectivity index (χ1v) is 13.5. The number of sulfone groups is 1. The molecule has 3 aromatic carbocycles. The highest BCUT2D eigenvalue weighted by Gasteiger charge is 2.08. The number of hydrogen-bond donors (Lipinski definition) is 3. The third kappa shape index (κ3) is 7.58. The molecule has 0 aliphatic heterocycles. The van der Waals surface area contributed by atoms with E-state index in [9.17, 15) is 12.8 Å². The zero-order valence-corrected chi connectivity index (χ0v) is 21.3. The maximum absolute atomic E-state index is 13.2. The fourth-order valence-electron chi connectivity index (χ4n) is 3.44. The van der Waals surface area contributed by atoms with E-state index < -0.39 is 9.84 Å². The van der Waals surface area contributed by atoms with Gasteiger partial charge in [0.05, 0.1) is 10.6 Å². The molecular weight excluding hydrogens is 491 g/mol. The lowest BCUT2D eigenvalue weighted by atomic mass is 10.1. The standard InChI is InChI=1S/C27H27FN6O2S/c1-19(21-10-14-24(15-11-21)37(2,35)36)33-34-26-18-25(29-17-16-20-8-12-22(28)13-9-20)31-27(32-26)30-23-6-4-3-5-7-23/h3-15,18H,16-17H2,1-2H3,(H3,29,30,31,32,34). The van der Waals surface area contributed by atoms with E-state index in [1.807, 2.05) is 37.3 Å². The van der Waals surface area contributed by atoms with E-state index in [2.05, 4.69) is 31.1 Å². The van der Waals surface area contributed by atoms with Crippen molar-refractivity contribution in [1.82, 2.24) is 9.97 Å². The molecule has 0 bridgehead atoms. The summed E-state index contributed by atoms with van der Waals surface area (Å²) in [6.45, 7) is 2.40. The van der Waals surface area contributed by atoms with E-state index >= 15 is 0 Å². The SMILES string of the molecule is CC(=NNc1cc(NCCc2ccc(F)cc2)nc(Nc2ccccc2)n1)c1ccc(S(C)(=O)=O)cc1. The predicted octanol–water partition coefficient (Wildman–Crippen LogP) is 5.25. The highest BCUT2D eigenvalue weighted by Crippen LogP contribution is 2.19. The van der Waals surface area contributed by atoms with Crippen LogP contribution in [0.25, 0.3) is 0 Å². The Hall–Kier alpha value is -4.31. The molecule has 0 aliphatic carbocycles. The molecule has 0 spiro atoms. The summed E-state index contributed by atoms with van der Waals surface area (Å²) in [7, 11) is -3.27. The highest BCUT2D eigenvalue weighted by molar-refractivity contribution is 7.90. The van der Waals surface area contributed by atoms with Crippen LogP contribution in [0.2, 0.25) is 0 Å². The van der Waals surface area contributed by atoms with Gasteiger partial charge in [-0.2, -0.15) is 15.1 Å². The lowest BCUT2D eigenvalue weighted by Crippen LogP contribution is -2.10. The molecule has 0 radical (unpaired) electrons. The Morgan fingerprint density at radius 3 is 2.27 bits per heavy atom. The second-order valence-corrected chi connectivity index (χ2v) is 10.4. The average molecular weight is 519 g/mol. The molecule has 0 aliphatic rings. The van der Waals surface area contributed by atoms with Crippen molar-refractivity contribution >= 4 is 38.8 Å². The van der Waals surface area contributed by atoms with E-state index in [1.165, 1.54) is 18.4 Å². The first-order valence-electron chi connectivity index (χ1n) is 11.6. The normalized spacial score (nSPS) is 11.7. The molecule has 190 valence electrons. The molecule has 0 unspecified atom stereocenters.